The van der Waals surface area contributed by atoms with E-state index in [9.17, 15) is 13.2 Å². The Morgan fingerprint density at radius 1 is 1.16 bits per heavy atom. The molecule has 1 saturated heterocycles. The number of hydrogen-bond donors (Lipinski definition) is 0. The van der Waals surface area contributed by atoms with Gasteiger partial charge in [0, 0.05) is 17.7 Å². The Kier molecular flexibility index (Phi) is 6.27. The first-order chi connectivity index (χ1) is 14.8. The molecule has 1 aromatic carbocycles. The van der Waals surface area contributed by atoms with Gasteiger partial charge >= 0.3 is 0 Å². The molecule has 0 saturated carbocycles. The Morgan fingerprint density at radius 2 is 2.00 bits per heavy atom. The highest BCUT2D eigenvalue weighted by Crippen LogP contribution is 2.30. The van der Waals surface area contributed by atoms with Crippen molar-refractivity contribution in [3.63, 3.8) is 0 Å². The molecule has 1 aliphatic heterocycles. The van der Waals surface area contributed by atoms with Crippen LogP contribution in [-0.4, -0.2) is 36.8 Å². The van der Waals surface area contributed by atoms with E-state index in [0.29, 0.717) is 33.7 Å². The second kappa shape index (κ2) is 8.94. The molecule has 0 aliphatic carbocycles. The molecule has 0 spiro atoms. The number of halogens is 2. The van der Waals surface area contributed by atoms with Crippen molar-refractivity contribution in [2.75, 3.05) is 11.5 Å². The Balaban J connectivity index is 1.56. The van der Waals surface area contributed by atoms with E-state index in [1.54, 1.807) is 48.5 Å². The molecular formula is C22H19Cl2NO5S. The zero-order valence-electron chi connectivity index (χ0n) is 16.3. The average Bonchev–Trinajstić information content (AvgIpc) is 3.47. The molecule has 6 nitrogen and oxygen atoms in total. The maximum atomic E-state index is 12.9. The summed E-state index contributed by atoms with van der Waals surface area (Å²) in [6, 6.07) is 11.7. The minimum absolute atomic E-state index is 0.0618. The van der Waals surface area contributed by atoms with Crippen molar-refractivity contribution < 1.29 is 22.0 Å². The number of sulfone groups is 1. The van der Waals surface area contributed by atoms with Crippen LogP contribution in [0.2, 0.25) is 10.0 Å². The lowest BCUT2D eigenvalue weighted by atomic mass is 10.2. The predicted molar refractivity (Wildman–Crippen MR) is 120 cm³/mol. The first-order valence-electron chi connectivity index (χ1n) is 9.57. The Labute approximate surface area is 190 Å². The molecule has 3 heterocycles. The van der Waals surface area contributed by atoms with Crippen LogP contribution < -0.4 is 0 Å². The van der Waals surface area contributed by atoms with Crippen molar-refractivity contribution in [3.8, 4) is 11.3 Å². The third-order valence-electron chi connectivity index (χ3n) is 5.06. The van der Waals surface area contributed by atoms with E-state index < -0.39 is 15.9 Å². The second-order valence-electron chi connectivity index (χ2n) is 7.27. The van der Waals surface area contributed by atoms with Gasteiger partial charge < -0.3 is 13.7 Å². The third kappa shape index (κ3) is 5.23. The summed E-state index contributed by atoms with van der Waals surface area (Å²) >= 11 is 12.1. The summed E-state index contributed by atoms with van der Waals surface area (Å²) in [6.07, 6.45) is 4.84. The molecule has 31 heavy (non-hydrogen) atoms. The van der Waals surface area contributed by atoms with E-state index in [4.69, 9.17) is 32.0 Å². The number of amides is 1. The van der Waals surface area contributed by atoms with Gasteiger partial charge in [0.2, 0.25) is 5.91 Å². The monoisotopic (exact) mass is 479 g/mol. The summed E-state index contributed by atoms with van der Waals surface area (Å²) in [5.41, 5.74) is 0.750. The van der Waals surface area contributed by atoms with Crippen molar-refractivity contribution in [1.82, 2.24) is 4.90 Å². The molecule has 1 aliphatic rings. The maximum Gasteiger partial charge on any atom is 0.247 e. The highest BCUT2D eigenvalue weighted by atomic mass is 35.5. The summed E-state index contributed by atoms with van der Waals surface area (Å²) in [4.78, 5) is 14.5. The third-order valence-corrected chi connectivity index (χ3v) is 7.55. The van der Waals surface area contributed by atoms with Gasteiger partial charge in [-0.15, -0.1) is 0 Å². The first kappa shape index (κ1) is 21.7. The van der Waals surface area contributed by atoms with E-state index in [0.717, 1.165) is 5.56 Å². The van der Waals surface area contributed by atoms with E-state index in [2.05, 4.69) is 0 Å². The van der Waals surface area contributed by atoms with Gasteiger partial charge in [0.1, 0.15) is 17.3 Å². The number of carbonyl (C=O) groups is 1. The van der Waals surface area contributed by atoms with Crippen LogP contribution in [0.3, 0.4) is 0 Å². The number of furan rings is 2. The quantitative estimate of drug-likeness (QED) is 0.460. The Morgan fingerprint density at radius 3 is 2.68 bits per heavy atom. The van der Waals surface area contributed by atoms with Crippen molar-refractivity contribution in [1.29, 1.82) is 0 Å². The number of nitrogens with zero attached hydrogens (tertiary/aromatic N) is 1. The second-order valence-corrected chi connectivity index (χ2v) is 10.3. The van der Waals surface area contributed by atoms with Gasteiger partial charge in [0.05, 0.1) is 34.4 Å². The van der Waals surface area contributed by atoms with Crippen molar-refractivity contribution in [2.45, 2.75) is 19.0 Å². The molecule has 1 amide bonds. The van der Waals surface area contributed by atoms with Gasteiger partial charge in [-0.3, -0.25) is 4.79 Å². The molecule has 1 atom stereocenters. The highest BCUT2D eigenvalue weighted by Gasteiger charge is 2.34. The van der Waals surface area contributed by atoms with E-state index in [1.165, 1.54) is 17.2 Å². The standard InChI is InChI=1S/C22H19Cl2NO5S/c23-19-6-3-15(12-20(19)24)21-7-4-18(30-21)13-25(16-9-11-31(27,28)14-16)22(26)8-5-17-2-1-10-29-17/h1-8,10,12,16H,9,11,13-14H2/b8-5+/t16-/m1/s1. The van der Waals surface area contributed by atoms with Crippen LogP contribution >= 0.6 is 23.2 Å². The fourth-order valence-corrected chi connectivity index (χ4v) is 5.51. The Bertz CT molecular complexity index is 1210. The summed E-state index contributed by atoms with van der Waals surface area (Å²) in [7, 11) is -3.17. The van der Waals surface area contributed by atoms with Crippen LogP contribution in [0.25, 0.3) is 17.4 Å². The molecule has 3 aromatic rings. The lowest BCUT2D eigenvalue weighted by Crippen LogP contribution is -2.39. The normalized spacial score (nSPS) is 17.9. The van der Waals surface area contributed by atoms with Gasteiger partial charge in [-0.25, -0.2) is 8.42 Å². The summed E-state index contributed by atoms with van der Waals surface area (Å²) in [6.45, 7) is 0.142. The van der Waals surface area contributed by atoms with Crippen LogP contribution in [0.1, 0.15) is 17.9 Å². The topological polar surface area (TPSA) is 80.7 Å². The van der Waals surface area contributed by atoms with Crippen LogP contribution in [0.15, 0.2) is 63.6 Å². The zero-order chi connectivity index (χ0) is 22.0. The highest BCUT2D eigenvalue weighted by molar-refractivity contribution is 7.91. The molecule has 0 N–H and O–H groups in total. The van der Waals surface area contributed by atoms with E-state index in [-0.39, 0.29) is 24.0 Å². The molecule has 4 rings (SSSR count). The molecular weight excluding hydrogens is 461 g/mol. The van der Waals surface area contributed by atoms with Crippen LogP contribution in [0.4, 0.5) is 0 Å². The fourth-order valence-electron chi connectivity index (χ4n) is 3.48. The summed E-state index contributed by atoms with van der Waals surface area (Å²) in [5.74, 6) is 1.33. The number of rotatable bonds is 6. The number of hydrogen-bond acceptors (Lipinski definition) is 5. The van der Waals surface area contributed by atoms with Crippen molar-refractivity contribution >= 4 is 45.0 Å². The molecule has 0 radical (unpaired) electrons. The van der Waals surface area contributed by atoms with Crippen LogP contribution in [-0.2, 0) is 21.2 Å². The minimum Gasteiger partial charge on any atom is -0.465 e. The lowest BCUT2D eigenvalue weighted by molar-refractivity contribution is -0.128. The number of carbonyl (C=O) groups excluding carboxylic acids is 1. The van der Waals surface area contributed by atoms with Gasteiger partial charge in [0.25, 0.3) is 0 Å². The fraction of sp³-hybridized carbons (Fsp3) is 0.227. The number of benzene rings is 1. The summed E-state index contributed by atoms with van der Waals surface area (Å²) in [5, 5.41) is 0.855. The van der Waals surface area contributed by atoms with E-state index in [1.807, 2.05) is 0 Å². The average molecular weight is 480 g/mol. The maximum absolute atomic E-state index is 12.9. The molecule has 1 fully saturated rings. The SMILES string of the molecule is O=C(/C=C/c1ccco1)N(Cc1ccc(-c2ccc(Cl)c(Cl)c2)o1)[C@@H]1CCS(=O)(=O)C1. The van der Waals surface area contributed by atoms with E-state index >= 15 is 0 Å². The molecule has 0 bridgehead atoms. The van der Waals surface area contributed by atoms with Gasteiger partial charge in [-0.1, -0.05) is 23.2 Å². The predicted octanol–water partition coefficient (Wildman–Crippen LogP) is 5.08. The largest absolute Gasteiger partial charge is 0.465 e. The minimum atomic E-state index is -3.17. The van der Waals surface area contributed by atoms with Gasteiger partial charge in [-0.05, 0) is 55.0 Å². The molecule has 0 unspecified atom stereocenters. The van der Waals surface area contributed by atoms with Crippen LogP contribution in [0.5, 0.6) is 0 Å². The van der Waals surface area contributed by atoms with Gasteiger partial charge in [-0.2, -0.15) is 0 Å². The van der Waals surface area contributed by atoms with Gasteiger partial charge in [0.15, 0.2) is 9.84 Å². The molecule has 2 aromatic heterocycles. The lowest BCUT2D eigenvalue weighted by Gasteiger charge is -2.26. The molecule has 162 valence electrons. The first-order valence-corrected chi connectivity index (χ1v) is 12.2. The smallest absolute Gasteiger partial charge is 0.247 e. The summed E-state index contributed by atoms with van der Waals surface area (Å²) < 4.78 is 35.1. The molecule has 9 heteroatoms. The van der Waals surface area contributed by atoms with Crippen molar-refractivity contribution in [3.05, 3.63) is 76.4 Å². The van der Waals surface area contributed by atoms with Crippen molar-refractivity contribution in [2.24, 2.45) is 0 Å². The Hall–Kier alpha value is -2.48. The van der Waals surface area contributed by atoms with Crippen LogP contribution in [0, 0.1) is 0 Å². The zero-order valence-corrected chi connectivity index (χ0v) is 18.7.